The second-order valence-electron chi connectivity index (χ2n) is 3.42. The van der Waals surface area contributed by atoms with Gasteiger partial charge in [0.25, 0.3) is 0 Å². The third-order valence-electron chi connectivity index (χ3n) is 1.70. The molecule has 0 atom stereocenters. The molecule has 0 aromatic heterocycles. The molecule has 0 aromatic carbocycles. The van der Waals surface area contributed by atoms with Crippen LogP contribution in [0.2, 0.25) is 0 Å². The van der Waals surface area contributed by atoms with E-state index in [0.29, 0.717) is 25.9 Å². The number of nitrogens with two attached hydrogens (primary N) is 1. The minimum absolute atomic E-state index is 0. The molecular formula is C17H35N5O4. The third-order valence-corrected chi connectivity index (χ3v) is 1.70. The standard InChI is InChI=1S/C8H11N3O2.C3H3N.C2H5NO2.4CH4/c9-3-1-5-11(6-2-4-10)7-8(12)13;1-2-3-4;3-1-2(4)5;;;;/h1-2,5-7H2,(H,12,13);2H,1H2;1,3H2,(H,4,5);4*1H4. The van der Waals surface area contributed by atoms with E-state index in [1.807, 2.05) is 12.1 Å². The van der Waals surface area contributed by atoms with Crippen molar-refractivity contribution in [1.29, 1.82) is 15.8 Å². The van der Waals surface area contributed by atoms with Crippen molar-refractivity contribution in [3.8, 4) is 18.2 Å². The Kier molecular flexibility index (Phi) is 63.5. The van der Waals surface area contributed by atoms with Gasteiger partial charge in [-0.15, -0.1) is 0 Å². The summed E-state index contributed by atoms with van der Waals surface area (Å²) in [6, 6.07) is 5.56. The van der Waals surface area contributed by atoms with E-state index in [-0.39, 0.29) is 42.8 Å². The molecule has 26 heavy (non-hydrogen) atoms. The molecule has 0 aliphatic carbocycles. The van der Waals surface area contributed by atoms with Gasteiger partial charge in [0, 0.05) is 32.0 Å². The lowest BCUT2D eigenvalue weighted by Gasteiger charge is -2.16. The first-order valence-corrected chi connectivity index (χ1v) is 5.99. The minimum Gasteiger partial charge on any atom is -0.480 e. The Morgan fingerprint density at radius 2 is 1.27 bits per heavy atom. The lowest BCUT2D eigenvalue weighted by Crippen LogP contribution is -2.31. The Morgan fingerprint density at radius 1 is 0.962 bits per heavy atom. The molecule has 0 bridgehead atoms. The maximum Gasteiger partial charge on any atom is 0.317 e. The molecule has 0 saturated carbocycles. The van der Waals surface area contributed by atoms with Crippen molar-refractivity contribution < 1.29 is 19.8 Å². The number of hydrogen-bond acceptors (Lipinski definition) is 7. The second kappa shape index (κ2) is 37.9. The van der Waals surface area contributed by atoms with Crippen LogP contribution in [0.1, 0.15) is 42.5 Å². The Morgan fingerprint density at radius 3 is 1.42 bits per heavy atom. The van der Waals surface area contributed by atoms with E-state index in [2.05, 4.69) is 12.3 Å². The van der Waals surface area contributed by atoms with Crippen molar-refractivity contribution in [2.75, 3.05) is 26.2 Å². The highest BCUT2D eigenvalue weighted by Crippen LogP contribution is 1.93. The van der Waals surface area contributed by atoms with E-state index in [1.165, 1.54) is 6.08 Å². The molecular weight excluding hydrogens is 338 g/mol. The lowest BCUT2D eigenvalue weighted by molar-refractivity contribution is -0.138. The maximum atomic E-state index is 10.3. The molecule has 0 spiro atoms. The van der Waals surface area contributed by atoms with Crippen LogP contribution in [0.3, 0.4) is 0 Å². The largest absolute Gasteiger partial charge is 0.480 e. The van der Waals surface area contributed by atoms with E-state index in [1.54, 1.807) is 11.0 Å². The van der Waals surface area contributed by atoms with Crippen LogP contribution in [0.4, 0.5) is 0 Å². The minimum atomic E-state index is -0.968. The van der Waals surface area contributed by atoms with Gasteiger partial charge < -0.3 is 15.9 Å². The van der Waals surface area contributed by atoms with Crippen LogP contribution in [0, 0.1) is 34.0 Å². The second-order valence-corrected chi connectivity index (χ2v) is 3.42. The number of carbonyl (C=O) groups is 2. The number of allylic oxidation sites excluding steroid dienone is 1. The summed E-state index contributed by atoms with van der Waals surface area (Å²) in [4.78, 5) is 21.1. The average molecular weight is 373 g/mol. The monoisotopic (exact) mass is 373 g/mol. The molecule has 0 aliphatic heterocycles. The molecule has 0 rings (SSSR count). The maximum absolute atomic E-state index is 10.3. The number of rotatable bonds is 7. The van der Waals surface area contributed by atoms with Gasteiger partial charge in [0.15, 0.2) is 0 Å². The molecule has 0 aliphatic rings. The van der Waals surface area contributed by atoms with Gasteiger partial charge in [0.2, 0.25) is 0 Å². The summed E-state index contributed by atoms with van der Waals surface area (Å²) in [5.74, 6) is -1.90. The van der Waals surface area contributed by atoms with Crippen LogP contribution in [-0.4, -0.2) is 53.2 Å². The topological polar surface area (TPSA) is 175 Å². The predicted molar refractivity (Wildman–Crippen MR) is 104 cm³/mol. The first-order chi connectivity index (χ1) is 10.4. The Labute approximate surface area is 158 Å². The third kappa shape index (κ3) is 58.3. The molecule has 4 N–H and O–H groups in total. The molecule has 9 heteroatoms. The summed E-state index contributed by atoms with van der Waals surface area (Å²) in [6.45, 7) is 3.55. The zero-order valence-electron chi connectivity index (χ0n) is 12.1. The zero-order chi connectivity index (χ0) is 17.8. The molecule has 0 heterocycles. The van der Waals surface area contributed by atoms with Gasteiger partial charge in [0.05, 0.1) is 31.3 Å². The highest BCUT2D eigenvalue weighted by molar-refractivity contribution is 5.69. The number of nitrogens with zero attached hydrogens (tertiary/aromatic N) is 4. The van der Waals surface area contributed by atoms with E-state index in [4.69, 9.17) is 26.0 Å². The average Bonchev–Trinajstić information content (AvgIpc) is 2.50. The number of carboxylic acid groups (broad SMARTS) is 2. The van der Waals surface area contributed by atoms with Gasteiger partial charge in [-0.1, -0.05) is 36.3 Å². The van der Waals surface area contributed by atoms with E-state index >= 15 is 0 Å². The highest BCUT2D eigenvalue weighted by Gasteiger charge is 2.07. The quantitative estimate of drug-likeness (QED) is 0.566. The van der Waals surface area contributed by atoms with Gasteiger partial charge in [-0.3, -0.25) is 14.5 Å². The summed E-state index contributed by atoms with van der Waals surface area (Å²) in [5, 5.41) is 40.2. The summed E-state index contributed by atoms with van der Waals surface area (Å²) in [5.41, 5.74) is 4.57. The van der Waals surface area contributed by atoms with Crippen LogP contribution in [0.25, 0.3) is 0 Å². The van der Waals surface area contributed by atoms with Crippen molar-refractivity contribution in [1.82, 2.24) is 4.90 Å². The van der Waals surface area contributed by atoms with Crippen LogP contribution in [0.5, 0.6) is 0 Å². The molecule has 0 radical (unpaired) electrons. The lowest BCUT2D eigenvalue weighted by atomic mass is 10.3. The molecule has 0 saturated heterocycles. The molecule has 152 valence electrons. The van der Waals surface area contributed by atoms with Gasteiger partial charge in [-0.25, -0.2) is 0 Å². The van der Waals surface area contributed by atoms with Gasteiger partial charge in [-0.05, 0) is 0 Å². The summed E-state index contributed by atoms with van der Waals surface area (Å²) >= 11 is 0. The molecule has 0 amide bonds. The molecule has 0 fully saturated rings. The SMILES string of the molecule is C.C.C.C.C=CC#N.N#CCCN(CCC#N)CC(=O)O.NCC(=O)O. The Hall–Kier alpha value is -2.93. The Bertz CT molecular complexity index is 430. The van der Waals surface area contributed by atoms with E-state index in [9.17, 15) is 9.59 Å². The normalized spacial score (nSPS) is 6.58. The van der Waals surface area contributed by atoms with Crippen LogP contribution < -0.4 is 5.73 Å². The fourth-order valence-electron chi connectivity index (χ4n) is 0.877. The summed E-state index contributed by atoms with van der Waals surface area (Å²) < 4.78 is 0. The first-order valence-electron chi connectivity index (χ1n) is 5.99. The number of aliphatic carboxylic acids is 2. The molecule has 0 aromatic rings. The van der Waals surface area contributed by atoms with Gasteiger partial charge in [-0.2, -0.15) is 15.8 Å². The predicted octanol–water partition coefficient (Wildman–Crippen LogP) is 2.47. The van der Waals surface area contributed by atoms with Crippen molar-refractivity contribution in [2.45, 2.75) is 42.5 Å². The van der Waals surface area contributed by atoms with Crippen molar-refractivity contribution in [3.63, 3.8) is 0 Å². The van der Waals surface area contributed by atoms with Crippen LogP contribution in [-0.2, 0) is 9.59 Å². The fourth-order valence-corrected chi connectivity index (χ4v) is 0.877. The Balaban J connectivity index is -0.0000000475. The fraction of sp³-hybridized carbons (Fsp3) is 0.588. The van der Waals surface area contributed by atoms with Crippen LogP contribution >= 0.6 is 0 Å². The zero-order valence-corrected chi connectivity index (χ0v) is 12.1. The van der Waals surface area contributed by atoms with Crippen molar-refractivity contribution >= 4 is 11.9 Å². The highest BCUT2D eigenvalue weighted by atomic mass is 16.4. The van der Waals surface area contributed by atoms with Crippen LogP contribution in [0.15, 0.2) is 12.7 Å². The van der Waals surface area contributed by atoms with Crippen molar-refractivity contribution in [3.05, 3.63) is 12.7 Å². The van der Waals surface area contributed by atoms with Crippen molar-refractivity contribution in [2.24, 2.45) is 5.73 Å². The first kappa shape index (κ1) is 43.5. The van der Waals surface area contributed by atoms with E-state index in [0.717, 1.165) is 0 Å². The molecule has 0 unspecified atom stereocenters. The van der Waals surface area contributed by atoms with Gasteiger partial charge >= 0.3 is 11.9 Å². The summed E-state index contributed by atoms with van der Waals surface area (Å²) in [6.07, 6.45) is 1.76. The smallest absolute Gasteiger partial charge is 0.317 e. The number of hydrogen-bond donors (Lipinski definition) is 3. The number of carboxylic acids is 2. The summed E-state index contributed by atoms with van der Waals surface area (Å²) in [7, 11) is 0. The van der Waals surface area contributed by atoms with Gasteiger partial charge in [0.1, 0.15) is 0 Å². The number of nitriles is 3. The van der Waals surface area contributed by atoms with E-state index < -0.39 is 11.9 Å². The molecule has 9 nitrogen and oxygen atoms in total.